The smallest absolute Gasteiger partial charge is 0.302 e. The molecule has 88 valence electrons. The highest BCUT2D eigenvalue weighted by Gasteiger charge is 2.16. The van der Waals surface area contributed by atoms with Crippen LogP contribution in [0.2, 0.25) is 0 Å². The van der Waals surface area contributed by atoms with Crippen molar-refractivity contribution in [1.29, 1.82) is 0 Å². The van der Waals surface area contributed by atoms with E-state index in [1.165, 1.54) is 11.8 Å². The molecule has 0 heterocycles. The van der Waals surface area contributed by atoms with E-state index in [0.717, 1.165) is 0 Å². The molecule has 0 aliphatic carbocycles. The lowest BCUT2D eigenvalue weighted by Crippen LogP contribution is -2.20. The minimum Gasteiger partial charge on any atom is -0.465 e. The van der Waals surface area contributed by atoms with E-state index in [0.29, 0.717) is 17.8 Å². The minimum absolute atomic E-state index is 0.209. The quantitative estimate of drug-likeness (QED) is 0.581. The van der Waals surface area contributed by atoms with Gasteiger partial charge in [-0.05, 0) is 18.1 Å². The maximum Gasteiger partial charge on any atom is 0.302 e. The number of benzene rings is 1. The highest BCUT2D eigenvalue weighted by molar-refractivity contribution is 8.00. The second kappa shape index (κ2) is 6.59. The second-order valence-electron chi connectivity index (χ2n) is 4.02. The molecule has 1 aromatic rings. The summed E-state index contributed by atoms with van der Waals surface area (Å²) >= 11 is 1.76. The molecule has 0 saturated carbocycles. The van der Waals surface area contributed by atoms with E-state index >= 15 is 0 Å². The summed E-state index contributed by atoms with van der Waals surface area (Å²) in [5.41, 5.74) is 0. The Balaban J connectivity index is 2.54. The maximum atomic E-state index is 10.8. The second-order valence-corrected chi connectivity index (χ2v) is 5.33. The zero-order valence-electron chi connectivity index (χ0n) is 9.97. The molecule has 0 aliphatic rings. The summed E-state index contributed by atoms with van der Waals surface area (Å²) in [6.45, 7) is 6.21. The number of carbonyl (C=O) groups is 1. The van der Waals surface area contributed by atoms with Crippen LogP contribution < -0.4 is 0 Å². The Morgan fingerprint density at radius 1 is 1.31 bits per heavy atom. The summed E-state index contributed by atoms with van der Waals surface area (Å²) < 4.78 is 5.08. The molecule has 1 aromatic carbocycles. The van der Waals surface area contributed by atoms with Crippen molar-refractivity contribution < 1.29 is 9.53 Å². The van der Waals surface area contributed by atoms with Gasteiger partial charge in [-0.15, -0.1) is 11.8 Å². The van der Waals surface area contributed by atoms with Crippen LogP contribution in [0.25, 0.3) is 0 Å². The summed E-state index contributed by atoms with van der Waals surface area (Å²) in [6.07, 6.45) is 0. The summed E-state index contributed by atoms with van der Waals surface area (Å²) in [4.78, 5) is 12.0. The van der Waals surface area contributed by atoms with Crippen molar-refractivity contribution in [3.8, 4) is 0 Å². The van der Waals surface area contributed by atoms with Gasteiger partial charge in [-0.3, -0.25) is 4.79 Å². The molecular weight excluding hydrogens is 220 g/mol. The van der Waals surface area contributed by atoms with Gasteiger partial charge in [0.15, 0.2) is 0 Å². The lowest BCUT2D eigenvalue weighted by molar-refractivity contribution is -0.141. The molecule has 0 bridgehead atoms. The highest BCUT2D eigenvalue weighted by atomic mass is 32.2. The fourth-order valence-corrected chi connectivity index (χ4v) is 2.31. The van der Waals surface area contributed by atoms with Crippen LogP contribution in [0, 0.1) is 5.92 Å². The van der Waals surface area contributed by atoms with Crippen LogP contribution in [-0.2, 0) is 9.53 Å². The zero-order valence-corrected chi connectivity index (χ0v) is 10.8. The first-order valence-electron chi connectivity index (χ1n) is 5.44. The van der Waals surface area contributed by atoms with E-state index in [4.69, 9.17) is 4.74 Å². The summed E-state index contributed by atoms with van der Waals surface area (Å²) in [5, 5.41) is 0.311. The van der Waals surface area contributed by atoms with Crippen molar-refractivity contribution >= 4 is 17.7 Å². The first-order chi connectivity index (χ1) is 7.59. The van der Waals surface area contributed by atoms with Crippen LogP contribution in [0.3, 0.4) is 0 Å². The zero-order chi connectivity index (χ0) is 12.0. The molecular formula is C13H18O2S. The predicted octanol–water partition coefficient (Wildman–Crippen LogP) is 3.37. The van der Waals surface area contributed by atoms with Gasteiger partial charge in [-0.1, -0.05) is 32.0 Å². The number of carbonyl (C=O) groups excluding carboxylic acids is 1. The van der Waals surface area contributed by atoms with E-state index in [1.54, 1.807) is 11.8 Å². The first-order valence-corrected chi connectivity index (χ1v) is 6.32. The van der Waals surface area contributed by atoms with Gasteiger partial charge < -0.3 is 4.74 Å². The van der Waals surface area contributed by atoms with Crippen molar-refractivity contribution in [2.24, 2.45) is 5.92 Å². The van der Waals surface area contributed by atoms with E-state index < -0.39 is 0 Å². The average molecular weight is 238 g/mol. The van der Waals surface area contributed by atoms with E-state index in [-0.39, 0.29) is 5.97 Å². The third kappa shape index (κ3) is 4.71. The maximum absolute atomic E-state index is 10.8. The van der Waals surface area contributed by atoms with E-state index in [2.05, 4.69) is 26.0 Å². The fraction of sp³-hybridized carbons (Fsp3) is 0.462. The van der Waals surface area contributed by atoms with Gasteiger partial charge in [-0.2, -0.15) is 0 Å². The van der Waals surface area contributed by atoms with E-state index in [9.17, 15) is 4.79 Å². The van der Waals surface area contributed by atoms with Crippen LogP contribution in [0.15, 0.2) is 35.2 Å². The molecule has 1 unspecified atom stereocenters. The highest BCUT2D eigenvalue weighted by Crippen LogP contribution is 2.28. The average Bonchev–Trinajstić information content (AvgIpc) is 2.25. The molecule has 0 fully saturated rings. The number of hydrogen-bond acceptors (Lipinski definition) is 3. The Bertz CT molecular complexity index is 322. The summed E-state index contributed by atoms with van der Waals surface area (Å²) in [5.74, 6) is 0.267. The van der Waals surface area contributed by atoms with E-state index in [1.807, 2.05) is 18.2 Å². The Labute approximate surface area is 101 Å². The molecule has 0 saturated heterocycles. The topological polar surface area (TPSA) is 26.3 Å². The molecule has 2 nitrogen and oxygen atoms in total. The lowest BCUT2D eigenvalue weighted by Gasteiger charge is -2.19. The normalized spacial score (nSPS) is 12.5. The standard InChI is InChI=1S/C13H18O2S/c1-10(2)13(9-15-11(3)14)16-12-7-5-4-6-8-12/h4-8,10,13H,9H2,1-3H3. The van der Waals surface area contributed by atoms with Gasteiger partial charge in [0.1, 0.15) is 6.61 Å². The van der Waals surface area contributed by atoms with Crippen molar-refractivity contribution in [2.45, 2.75) is 30.9 Å². The summed E-state index contributed by atoms with van der Waals surface area (Å²) in [6, 6.07) is 10.2. The predicted molar refractivity (Wildman–Crippen MR) is 67.6 cm³/mol. The van der Waals surface area contributed by atoms with Crippen LogP contribution in [-0.4, -0.2) is 17.8 Å². The molecule has 0 aromatic heterocycles. The number of thioether (sulfide) groups is 1. The molecule has 0 N–H and O–H groups in total. The van der Waals surface area contributed by atoms with Crippen LogP contribution in [0.4, 0.5) is 0 Å². The van der Waals surface area contributed by atoms with Gasteiger partial charge in [-0.25, -0.2) is 0 Å². The largest absolute Gasteiger partial charge is 0.465 e. The minimum atomic E-state index is -0.209. The Hall–Kier alpha value is -0.960. The summed E-state index contributed by atoms with van der Waals surface area (Å²) in [7, 11) is 0. The van der Waals surface area contributed by atoms with Crippen LogP contribution >= 0.6 is 11.8 Å². The Morgan fingerprint density at radius 3 is 2.44 bits per heavy atom. The first kappa shape index (κ1) is 13.1. The van der Waals surface area contributed by atoms with Gasteiger partial charge >= 0.3 is 5.97 Å². The molecule has 16 heavy (non-hydrogen) atoms. The van der Waals surface area contributed by atoms with Crippen LogP contribution in [0.1, 0.15) is 20.8 Å². The number of hydrogen-bond donors (Lipinski definition) is 0. The lowest BCUT2D eigenvalue weighted by atomic mass is 10.1. The van der Waals surface area contributed by atoms with Crippen molar-refractivity contribution in [1.82, 2.24) is 0 Å². The van der Waals surface area contributed by atoms with Gasteiger partial charge in [0, 0.05) is 17.1 Å². The van der Waals surface area contributed by atoms with Crippen molar-refractivity contribution in [2.75, 3.05) is 6.61 Å². The third-order valence-electron chi connectivity index (χ3n) is 2.23. The third-order valence-corrected chi connectivity index (χ3v) is 3.75. The molecule has 3 heteroatoms. The van der Waals surface area contributed by atoms with Gasteiger partial charge in [0.25, 0.3) is 0 Å². The molecule has 0 amide bonds. The Kier molecular flexibility index (Phi) is 5.39. The fourth-order valence-electron chi connectivity index (χ4n) is 1.24. The molecule has 0 radical (unpaired) electrons. The van der Waals surface area contributed by atoms with Crippen LogP contribution in [0.5, 0.6) is 0 Å². The number of ether oxygens (including phenoxy) is 1. The molecule has 0 spiro atoms. The molecule has 0 aliphatic heterocycles. The van der Waals surface area contributed by atoms with Crippen molar-refractivity contribution in [3.63, 3.8) is 0 Å². The number of esters is 1. The van der Waals surface area contributed by atoms with Gasteiger partial charge in [0.05, 0.1) is 0 Å². The molecule has 1 atom stereocenters. The monoisotopic (exact) mass is 238 g/mol. The Morgan fingerprint density at radius 2 is 1.94 bits per heavy atom. The molecule has 1 rings (SSSR count). The van der Waals surface area contributed by atoms with Gasteiger partial charge in [0.2, 0.25) is 0 Å². The SMILES string of the molecule is CC(=O)OCC(Sc1ccccc1)C(C)C. The van der Waals surface area contributed by atoms with Crippen molar-refractivity contribution in [3.05, 3.63) is 30.3 Å². The number of rotatable bonds is 5.